The van der Waals surface area contributed by atoms with E-state index in [2.05, 4.69) is 0 Å². The van der Waals surface area contributed by atoms with Crippen molar-refractivity contribution in [2.75, 3.05) is 18.6 Å². The lowest BCUT2D eigenvalue weighted by Crippen LogP contribution is -2.39. The number of nitrogens with zero attached hydrogens (tertiary/aromatic N) is 1. The lowest BCUT2D eigenvalue weighted by Gasteiger charge is -2.24. The van der Waals surface area contributed by atoms with Gasteiger partial charge in [-0.05, 0) is 26.0 Å². The predicted molar refractivity (Wildman–Crippen MR) is 64.1 cm³/mol. The summed E-state index contributed by atoms with van der Waals surface area (Å²) in [5.74, 6) is 0.624. The zero-order valence-corrected chi connectivity index (χ0v) is 10.3. The highest BCUT2D eigenvalue weighted by Crippen LogP contribution is 2.39. The first-order valence-electron chi connectivity index (χ1n) is 5.13. The van der Waals surface area contributed by atoms with Crippen LogP contribution in [0, 0.1) is 5.41 Å². The van der Waals surface area contributed by atoms with Crippen molar-refractivity contribution in [3.63, 3.8) is 0 Å². The molecule has 1 aliphatic heterocycles. The first-order valence-corrected chi connectivity index (χ1v) is 5.51. The van der Waals surface area contributed by atoms with Gasteiger partial charge in [-0.3, -0.25) is 4.79 Å². The Balaban J connectivity index is 2.55. The van der Waals surface area contributed by atoms with Gasteiger partial charge in [0.25, 0.3) is 0 Å². The Hall–Kier alpha value is -1.22. The highest BCUT2D eigenvalue weighted by molar-refractivity contribution is 6.32. The number of amides is 1. The Labute approximate surface area is 100.0 Å². The molecular weight excluding hydrogens is 226 g/mol. The van der Waals surface area contributed by atoms with E-state index in [0.717, 1.165) is 5.69 Å². The van der Waals surface area contributed by atoms with Gasteiger partial charge in [0.15, 0.2) is 5.75 Å². The van der Waals surface area contributed by atoms with Crippen LogP contribution >= 0.6 is 11.6 Å². The maximum absolute atomic E-state index is 12.1. The predicted octanol–water partition coefficient (Wildman–Crippen LogP) is 2.72. The van der Waals surface area contributed by atoms with Crippen molar-refractivity contribution >= 4 is 23.2 Å². The molecule has 1 aliphatic rings. The number of fused-ring (bicyclic) bond motifs is 1. The molecule has 1 aromatic carbocycles. The van der Waals surface area contributed by atoms with Gasteiger partial charge in [-0.15, -0.1) is 0 Å². The van der Waals surface area contributed by atoms with E-state index in [1.54, 1.807) is 18.0 Å². The van der Waals surface area contributed by atoms with Crippen LogP contribution in [0.4, 0.5) is 5.69 Å². The summed E-state index contributed by atoms with van der Waals surface area (Å²) in [4.78, 5) is 13.7. The summed E-state index contributed by atoms with van der Waals surface area (Å²) in [5.41, 5.74) is 0.194. The van der Waals surface area contributed by atoms with E-state index in [1.165, 1.54) is 0 Å². The van der Waals surface area contributed by atoms with Crippen LogP contribution in [0.25, 0.3) is 0 Å². The summed E-state index contributed by atoms with van der Waals surface area (Å²) < 4.78 is 5.64. The van der Waals surface area contributed by atoms with E-state index in [0.29, 0.717) is 17.4 Å². The average Bonchev–Trinajstić information content (AvgIpc) is 2.32. The van der Waals surface area contributed by atoms with Crippen molar-refractivity contribution in [1.82, 2.24) is 0 Å². The molecule has 16 heavy (non-hydrogen) atoms. The number of halogens is 1. The van der Waals surface area contributed by atoms with Crippen LogP contribution in [-0.4, -0.2) is 19.6 Å². The topological polar surface area (TPSA) is 29.5 Å². The van der Waals surface area contributed by atoms with Gasteiger partial charge in [-0.2, -0.15) is 0 Å². The van der Waals surface area contributed by atoms with Crippen molar-refractivity contribution in [2.45, 2.75) is 13.8 Å². The second kappa shape index (κ2) is 3.67. The van der Waals surface area contributed by atoms with Crippen LogP contribution in [0.15, 0.2) is 18.2 Å². The first kappa shape index (κ1) is 11.3. The second-order valence-corrected chi connectivity index (χ2v) is 5.03. The standard InChI is InChI=1S/C12H14ClNO2/c1-12(2)7-16-10-8(13)5-4-6-9(10)14(3)11(12)15/h4-6H,7H2,1-3H3. The fourth-order valence-electron chi connectivity index (χ4n) is 1.78. The SMILES string of the molecule is CN1C(=O)C(C)(C)COc2c(Cl)cccc21. The Morgan fingerprint density at radius 1 is 1.44 bits per heavy atom. The van der Waals surface area contributed by atoms with E-state index in [-0.39, 0.29) is 5.91 Å². The summed E-state index contributed by atoms with van der Waals surface area (Å²) in [6.45, 7) is 4.07. The molecule has 0 bridgehead atoms. The van der Waals surface area contributed by atoms with Gasteiger partial charge in [0.1, 0.15) is 6.61 Å². The Morgan fingerprint density at radius 2 is 2.12 bits per heavy atom. The molecule has 4 heteroatoms. The maximum atomic E-state index is 12.1. The van der Waals surface area contributed by atoms with Gasteiger partial charge in [0.2, 0.25) is 5.91 Å². The van der Waals surface area contributed by atoms with Crippen molar-refractivity contribution in [2.24, 2.45) is 5.41 Å². The van der Waals surface area contributed by atoms with Gasteiger partial charge >= 0.3 is 0 Å². The van der Waals surface area contributed by atoms with E-state index >= 15 is 0 Å². The number of anilines is 1. The van der Waals surface area contributed by atoms with Crippen molar-refractivity contribution in [3.8, 4) is 5.75 Å². The largest absolute Gasteiger partial charge is 0.489 e. The van der Waals surface area contributed by atoms with Gasteiger partial charge in [0, 0.05) is 7.05 Å². The number of ether oxygens (including phenoxy) is 1. The van der Waals surface area contributed by atoms with Crippen LogP contribution in [0.2, 0.25) is 5.02 Å². The number of hydrogen-bond acceptors (Lipinski definition) is 2. The fraction of sp³-hybridized carbons (Fsp3) is 0.417. The first-order chi connectivity index (χ1) is 7.43. The number of carbonyl (C=O) groups excluding carboxylic acids is 1. The zero-order valence-electron chi connectivity index (χ0n) is 9.58. The minimum Gasteiger partial charge on any atom is -0.489 e. The van der Waals surface area contributed by atoms with Crippen molar-refractivity contribution < 1.29 is 9.53 Å². The summed E-state index contributed by atoms with van der Waals surface area (Å²) in [6.07, 6.45) is 0. The van der Waals surface area contributed by atoms with Crippen LogP contribution in [0.5, 0.6) is 5.75 Å². The molecular formula is C12H14ClNO2. The molecule has 86 valence electrons. The molecule has 0 saturated heterocycles. The monoisotopic (exact) mass is 239 g/mol. The van der Waals surface area contributed by atoms with Crippen LogP contribution in [0.3, 0.4) is 0 Å². The average molecular weight is 240 g/mol. The number of para-hydroxylation sites is 1. The Bertz CT molecular complexity index is 443. The molecule has 0 unspecified atom stereocenters. The summed E-state index contributed by atoms with van der Waals surface area (Å²) in [5, 5.41) is 0.537. The minimum atomic E-state index is -0.531. The van der Waals surface area contributed by atoms with Gasteiger partial charge < -0.3 is 9.64 Å². The molecule has 1 heterocycles. The molecule has 0 atom stereocenters. The van der Waals surface area contributed by atoms with Crippen LogP contribution in [-0.2, 0) is 4.79 Å². The second-order valence-electron chi connectivity index (χ2n) is 4.62. The number of rotatable bonds is 0. The quantitative estimate of drug-likeness (QED) is 0.697. The molecule has 0 aliphatic carbocycles. The van der Waals surface area contributed by atoms with Gasteiger partial charge in [-0.1, -0.05) is 17.7 Å². The lowest BCUT2D eigenvalue weighted by molar-refractivity contribution is -0.127. The molecule has 0 radical (unpaired) electrons. The molecule has 0 fully saturated rings. The summed E-state index contributed by atoms with van der Waals surface area (Å²) >= 11 is 6.06. The van der Waals surface area contributed by atoms with E-state index in [4.69, 9.17) is 16.3 Å². The van der Waals surface area contributed by atoms with Gasteiger partial charge in [0.05, 0.1) is 16.1 Å². The molecule has 0 spiro atoms. The molecule has 0 N–H and O–H groups in total. The Kier molecular flexibility index (Phi) is 2.58. The van der Waals surface area contributed by atoms with Crippen LogP contribution < -0.4 is 9.64 Å². The molecule has 1 aromatic rings. The molecule has 0 aromatic heterocycles. The Morgan fingerprint density at radius 3 is 2.81 bits per heavy atom. The van der Waals surface area contributed by atoms with Gasteiger partial charge in [-0.25, -0.2) is 0 Å². The van der Waals surface area contributed by atoms with Crippen LogP contribution in [0.1, 0.15) is 13.8 Å². The minimum absolute atomic E-state index is 0.0357. The van der Waals surface area contributed by atoms with E-state index < -0.39 is 5.41 Å². The number of benzene rings is 1. The molecule has 0 saturated carbocycles. The summed E-state index contributed by atoms with van der Waals surface area (Å²) in [7, 11) is 1.74. The third-order valence-electron chi connectivity index (χ3n) is 2.77. The lowest BCUT2D eigenvalue weighted by atomic mass is 9.93. The maximum Gasteiger partial charge on any atom is 0.235 e. The van der Waals surface area contributed by atoms with Crippen molar-refractivity contribution in [3.05, 3.63) is 23.2 Å². The third kappa shape index (κ3) is 1.65. The van der Waals surface area contributed by atoms with Crippen molar-refractivity contribution in [1.29, 1.82) is 0 Å². The smallest absolute Gasteiger partial charge is 0.235 e. The number of hydrogen-bond donors (Lipinski definition) is 0. The normalized spacial score (nSPS) is 18.8. The number of carbonyl (C=O) groups is 1. The molecule has 2 rings (SSSR count). The van der Waals surface area contributed by atoms with E-state index in [1.807, 2.05) is 26.0 Å². The highest BCUT2D eigenvalue weighted by Gasteiger charge is 2.36. The molecule has 1 amide bonds. The summed E-state index contributed by atoms with van der Waals surface area (Å²) in [6, 6.07) is 5.41. The third-order valence-corrected chi connectivity index (χ3v) is 3.07. The highest BCUT2D eigenvalue weighted by atomic mass is 35.5. The van der Waals surface area contributed by atoms with E-state index in [9.17, 15) is 4.79 Å². The fourth-order valence-corrected chi connectivity index (χ4v) is 2.01. The zero-order chi connectivity index (χ0) is 11.9. The molecule has 3 nitrogen and oxygen atoms in total.